The normalized spacial score (nSPS) is 10.1. The second kappa shape index (κ2) is 5.51. The van der Waals surface area contributed by atoms with Crippen molar-refractivity contribution in [1.29, 1.82) is 0 Å². The number of hydrogen-bond acceptors (Lipinski definition) is 2. The van der Waals surface area contributed by atoms with E-state index in [1.54, 1.807) is 6.07 Å². The number of pyridine rings is 1. The minimum absolute atomic E-state index is 0.211. The van der Waals surface area contributed by atoms with E-state index in [9.17, 15) is 9.59 Å². The van der Waals surface area contributed by atoms with Crippen LogP contribution in [0.2, 0.25) is 5.02 Å². The molecule has 0 spiro atoms. The lowest BCUT2D eigenvalue weighted by Gasteiger charge is -2.06. The molecule has 0 saturated carbocycles. The van der Waals surface area contributed by atoms with Crippen LogP contribution >= 0.6 is 11.6 Å². The zero-order valence-electron chi connectivity index (χ0n) is 9.44. The number of carbonyl (C=O) groups excluding carboxylic acids is 1. The molecule has 2 aromatic rings. The fourth-order valence-electron chi connectivity index (χ4n) is 1.49. The summed E-state index contributed by atoms with van der Waals surface area (Å²) in [5, 5.41) is 3.29. The van der Waals surface area contributed by atoms with E-state index >= 15 is 0 Å². The second-order valence-corrected chi connectivity index (χ2v) is 4.12. The maximum atomic E-state index is 11.8. The minimum atomic E-state index is -0.340. The molecule has 0 saturated heterocycles. The van der Waals surface area contributed by atoms with Crippen LogP contribution in [0.25, 0.3) is 0 Å². The molecule has 92 valence electrons. The van der Waals surface area contributed by atoms with Gasteiger partial charge in [-0.05, 0) is 11.6 Å². The summed E-state index contributed by atoms with van der Waals surface area (Å²) in [7, 11) is 0. The van der Waals surface area contributed by atoms with E-state index in [-0.39, 0.29) is 17.0 Å². The topological polar surface area (TPSA) is 62.0 Å². The van der Waals surface area contributed by atoms with Gasteiger partial charge in [-0.25, -0.2) is 0 Å². The predicted octanol–water partition coefficient (Wildman–Crippen LogP) is 1.96. The zero-order valence-corrected chi connectivity index (χ0v) is 10.2. The molecule has 0 aliphatic carbocycles. The fraction of sp³-hybridized carbons (Fsp3) is 0.0769. The van der Waals surface area contributed by atoms with Gasteiger partial charge in [0.2, 0.25) is 0 Å². The zero-order chi connectivity index (χ0) is 13.0. The third-order valence-electron chi connectivity index (χ3n) is 2.41. The highest BCUT2D eigenvalue weighted by Crippen LogP contribution is 2.14. The monoisotopic (exact) mass is 262 g/mol. The largest absolute Gasteiger partial charge is 0.357 e. The van der Waals surface area contributed by atoms with Crippen molar-refractivity contribution in [3.8, 4) is 0 Å². The fourth-order valence-corrected chi connectivity index (χ4v) is 1.69. The van der Waals surface area contributed by atoms with Gasteiger partial charge in [-0.3, -0.25) is 9.59 Å². The Kier molecular flexibility index (Phi) is 3.79. The molecule has 0 unspecified atom stereocenters. The molecule has 1 aromatic heterocycles. The van der Waals surface area contributed by atoms with Gasteiger partial charge >= 0.3 is 0 Å². The molecule has 0 bridgehead atoms. The van der Waals surface area contributed by atoms with E-state index in [0.29, 0.717) is 11.6 Å². The van der Waals surface area contributed by atoms with Crippen molar-refractivity contribution in [2.75, 3.05) is 0 Å². The Morgan fingerprint density at radius 1 is 1.28 bits per heavy atom. The van der Waals surface area contributed by atoms with Crippen molar-refractivity contribution in [2.45, 2.75) is 6.54 Å². The number of aromatic nitrogens is 1. The van der Waals surface area contributed by atoms with Crippen LogP contribution < -0.4 is 10.7 Å². The number of hydrogen-bond donors (Lipinski definition) is 2. The van der Waals surface area contributed by atoms with Crippen LogP contribution in [0.5, 0.6) is 0 Å². The number of benzene rings is 1. The van der Waals surface area contributed by atoms with E-state index in [4.69, 9.17) is 11.6 Å². The summed E-state index contributed by atoms with van der Waals surface area (Å²) >= 11 is 5.97. The van der Waals surface area contributed by atoms with Gasteiger partial charge < -0.3 is 10.3 Å². The van der Waals surface area contributed by atoms with Crippen LogP contribution in [-0.2, 0) is 6.54 Å². The number of H-pyrrole nitrogens is 1. The quantitative estimate of drug-likeness (QED) is 0.888. The molecule has 0 aliphatic heterocycles. The molecule has 0 aliphatic rings. The lowest BCUT2D eigenvalue weighted by Crippen LogP contribution is -2.25. The summed E-state index contributed by atoms with van der Waals surface area (Å²) in [6, 6.07) is 9.86. The van der Waals surface area contributed by atoms with Crippen LogP contribution in [0.15, 0.2) is 47.4 Å². The van der Waals surface area contributed by atoms with E-state index in [1.807, 2.05) is 18.2 Å². The minimum Gasteiger partial charge on any atom is -0.357 e. The van der Waals surface area contributed by atoms with Crippen molar-refractivity contribution >= 4 is 17.5 Å². The highest BCUT2D eigenvalue weighted by atomic mass is 35.5. The first kappa shape index (κ1) is 12.4. The molecule has 1 heterocycles. The van der Waals surface area contributed by atoms with Gasteiger partial charge in [-0.1, -0.05) is 29.8 Å². The summed E-state index contributed by atoms with van der Waals surface area (Å²) in [5.74, 6) is -0.340. The maximum absolute atomic E-state index is 11.8. The average molecular weight is 263 g/mol. The number of amides is 1. The molecule has 1 amide bonds. The van der Waals surface area contributed by atoms with Crippen LogP contribution in [0.3, 0.4) is 0 Å². The SMILES string of the molecule is O=C(NCc1ccccc1Cl)c1cc(=O)cc[nH]1. The molecule has 0 fully saturated rings. The molecule has 5 heteroatoms. The number of nitrogens with one attached hydrogen (secondary N) is 2. The van der Waals surface area contributed by atoms with E-state index < -0.39 is 0 Å². The molecule has 2 rings (SSSR count). The van der Waals surface area contributed by atoms with Crippen molar-refractivity contribution in [2.24, 2.45) is 0 Å². The third kappa shape index (κ3) is 2.99. The Morgan fingerprint density at radius 3 is 2.78 bits per heavy atom. The Morgan fingerprint density at radius 2 is 2.06 bits per heavy atom. The predicted molar refractivity (Wildman–Crippen MR) is 69.7 cm³/mol. The molecule has 4 nitrogen and oxygen atoms in total. The van der Waals surface area contributed by atoms with Crippen molar-refractivity contribution < 1.29 is 4.79 Å². The molecular formula is C13H11ClN2O2. The Balaban J connectivity index is 2.05. The van der Waals surface area contributed by atoms with Gasteiger partial charge in [-0.15, -0.1) is 0 Å². The van der Waals surface area contributed by atoms with Crippen molar-refractivity contribution in [1.82, 2.24) is 10.3 Å². The highest BCUT2D eigenvalue weighted by Gasteiger charge is 2.06. The molecule has 1 aromatic carbocycles. The lowest BCUT2D eigenvalue weighted by atomic mass is 10.2. The van der Waals surface area contributed by atoms with Crippen LogP contribution in [-0.4, -0.2) is 10.9 Å². The molecule has 18 heavy (non-hydrogen) atoms. The van der Waals surface area contributed by atoms with E-state index in [1.165, 1.54) is 18.3 Å². The summed E-state index contributed by atoms with van der Waals surface area (Å²) in [6.45, 7) is 0.315. The molecular weight excluding hydrogens is 252 g/mol. The second-order valence-electron chi connectivity index (χ2n) is 3.71. The van der Waals surface area contributed by atoms with Crippen molar-refractivity contribution in [3.05, 3.63) is 69.1 Å². The van der Waals surface area contributed by atoms with Crippen LogP contribution in [0.4, 0.5) is 0 Å². The first-order valence-corrected chi connectivity index (χ1v) is 5.75. The van der Waals surface area contributed by atoms with E-state index in [2.05, 4.69) is 10.3 Å². The standard InChI is InChI=1S/C13H11ClN2O2/c14-11-4-2-1-3-9(11)8-16-13(18)12-7-10(17)5-6-15-12/h1-7H,8H2,(H,15,17)(H,16,18). The Bertz CT molecular complexity index is 622. The summed E-state index contributed by atoms with van der Waals surface area (Å²) in [6.07, 6.45) is 1.44. The molecule has 0 radical (unpaired) electrons. The molecule has 2 N–H and O–H groups in total. The number of rotatable bonds is 3. The smallest absolute Gasteiger partial charge is 0.268 e. The van der Waals surface area contributed by atoms with Gasteiger partial charge in [0, 0.05) is 29.9 Å². The Hall–Kier alpha value is -2.07. The molecule has 0 atom stereocenters. The summed E-state index contributed by atoms with van der Waals surface area (Å²) in [5.41, 5.74) is 0.844. The van der Waals surface area contributed by atoms with E-state index in [0.717, 1.165) is 5.56 Å². The first-order chi connectivity index (χ1) is 8.66. The number of aromatic amines is 1. The van der Waals surface area contributed by atoms with Crippen molar-refractivity contribution in [3.63, 3.8) is 0 Å². The Labute approximate surface area is 109 Å². The third-order valence-corrected chi connectivity index (χ3v) is 2.78. The first-order valence-electron chi connectivity index (χ1n) is 5.37. The average Bonchev–Trinajstić information content (AvgIpc) is 2.37. The van der Waals surface area contributed by atoms with Gasteiger partial charge in [0.05, 0.1) is 0 Å². The van der Waals surface area contributed by atoms with Crippen LogP contribution in [0.1, 0.15) is 16.1 Å². The van der Waals surface area contributed by atoms with Gasteiger partial charge in [0.25, 0.3) is 5.91 Å². The summed E-state index contributed by atoms with van der Waals surface area (Å²) < 4.78 is 0. The van der Waals surface area contributed by atoms with Crippen LogP contribution in [0, 0.1) is 0 Å². The highest BCUT2D eigenvalue weighted by molar-refractivity contribution is 6.31. The van der Waals surface area contributed by atoms with Gasteiger partial charge in [0.15, 0.2) is 5.43 Å². The van der Waals surface area contributed by atoms with Gasteiger partial charge in [-0.2, -0.15) is 0 Å². The summed E-state index contributed by atoms with van der Waals surface area (Å²) in [4.78, 5) is 25.6. The van der Waals surface area contributed by atoms with Gasteiger partial charge in [0.1, 0.15) is 5.69 Å². The number of carbonyl (C=O) groups is 1. The number of halogens is 1. The maximum Gasteiger partial charge on any atom is 0.268 e. The lowest BCUT2D eigenvalue weighted by molar-refractivity contribution is 0.0946.